The van der Waals surface area contributed by atoms with E-state index < -0.39 is 10.0 Å². The van der Waals surface area contributed by atoms with E-state index in [0.717, 1.165) is 5.56 Å². The van der Waals surface area contributed by atoms with Gasteiger partial charge in [-0.25, -0.2) is 13.8 Å². The largest absolute Gasteiger partial charge is 0.497 e. The summed E-state index contributed by atoms with van der Waals surface area (Å²) in [4.78, 5) is 12.4. The van der Waals surface area contributed by atoms with Crippen molar-refractivity contribution >= 4 is 21.6 Å². The number of methoxy groups -OCH3 is 1. The molecule has 154 valence electrons. The number of carbonyl (C=O) groups is 1. The number of rotatable bonds is 6. The van der Waals surface area contributed by atoms with Crippen LogP contribution in [0.2, 0.25) is 0 Å². The van der Waals surface area contributed by atoms with Crippen molar-refractivity contribution in [3.8, 4) is 5.75 Å². The van der Waals surface area contributed by atoms with Crippen molar-refractivity contribution in [2.45, 2.75) is 11.8 Å². The van der Waals surface area contributed by atoms with Crippen LogP contribution >= 0.6 is 0 Å². The Morgan fingerprint density at radius 3 is 2.21 bits per heavy atom. The maximum absolute atomic E-state index is 12.7. The molecule has 1 amide bonds. The summed E-state index contributed by atoms with van der Waals surface area (Å²) in [5.41, 5.74) is 4.25. The van der Waals surface area contributed by atoms with Crippen molar-refractivity contribution in [3.05, 3.63) is 59.7 Å². The zero-order valence-corrected chi connectivity index (χ0v) is 17.2. The molecule has 0 unspecified atom stereocenters. The molecule has 1 heterocycles. The maximum atomic E-state index is 12.7. The van der Waals surface area contributed by atoms with Crippen molar-refractivity contribution in [2.24, 2.45) is 5.10 Å². The van der Waals surface area contributed by atoms with Gasteiger partial charge in [0.25, 0.3) is 5.91 Å². The number of nitrogens with zero attached hydrogens (tertiary/aromatic N) is 2. The van der Waals surface area contributed by atoms with Crippen LogP contribution in [0.3, 0.4) is 0 Å². The standard InChI is InChI=1S/C20H24N4O4S/c1-15(22-23-20(25)17-3-7-18(28-2)8-4-17)16-5-9-19(10-6-16)29(26,27)24-13-11-21-12-14-24/h3-10,21H,11-14H2,1-2H3,(H,23,25)/b22-15-. The molecule has 2 N–H and O–H groups in total. The van der Waals surface area contributed by atoms with Crippen LogP contribution in [0.5, 0.6) is 5.75 Å². The summed E-state index contributed by atoms with van der Waals surface area (Å²) >= 11 is 0. The number of ether oxygens (including phenoxy) is 1. The van der Waals surface area contributed by atoms with Gasteiger partial charge in [0, 0.05) is 31.7 Å². The fraction of sp³-hybridized carbons (Fsp3) is 0.300. The van der Waals surface area contributed by atoms with E-state index in [-0.39, 0.29) is 10.8 Å². The lowest BCUT2D eigenvalue weighted by atomic mass is 10.1. The molecule has 8 nitrogen and oxygen atoms in total. The predicted molar refractivity (Wildman–Crippen MR) is 111 cm³/mol. The molecule has 9 heteroatoms. The number of hydrogen-bond donors (Lipinski definition) is 2. The van der Waals surface area contributed by atoms with Gasteiger partial charge in [0.05, 0.1) is 17.7 Å². The second kappa shape index (κ2) is 9.17. The summed E-state index contributed by atoms with van der Waals surface area (Å²) in [7, 11) is -1.94. The van der Waals surface area contributed by atoms with Crippen molar-refractivity contribution in [1.29, 1.82) is 0 Å². The van der Waals surface area contributed by atoms with Gasteiger partial charge in [-0.1, -0.05) is 12.1 Å². The highest BCUT2D eigenvalue weighted by molar-refractivity contribution is 7.89. The minimum atomic E-state index is -3.50. The van der Waals surface area contributed by atoms with Crippen molar-refractivity contribution < 1.29 is 17.9 Å². The van der Waals surface area contributed by atoms with Crippen molar-refractivity contribution in [2.75, 3.05) is 33.3 Å². The van der Waals surface area contributed by atoms with Gasteiger partial charge in [-0.05, 0) is 48.9 Å². The SMILES string of the molecule is COc1ccc(C(=O)N/N=C(/C)c2ccc(S(=O)(=O)N3CCNCC3)cc2)cc1. The number of carbonyl (C=O) groups excluding carboxylic acids is 1. The van der Waals surface area contributed by atoms with Gasteiger partial charge in [0.15, 0.2) is 0 Å². The van der Waals surface area contributed by atoms with E-state index in [1.165, 1.54) is 4.31 Å². The molecule has 0 aromatic heterocycles. The highest BCUT2D eigenvalue weighted by Crippen LogP contribution is 2.17. The molecule has 1 aliphatic heterocycles. The van der Waals surface area contributed by atoms with E-state index in [0.29, 0.717) is 43.2 Å². The molecule has 0 atom stereocenters. The molecular weight excluding hydrogens is 392 g/mol. The van der Waals surface area contributed by atoms with E-state index in [9.17, 15) is 13.2 Å². The molecule has 2 aromatic rings. The lowest BCUT2D eigenvalue weighted by Crippen LogP contribution is -2.46. The third-order valence-electron chi connectivity index (χ3n) is 4.66. The molecule has 2 aromatic carbocycles. The molecular formula is C20H24N4O4S. The summed E-state index contributed by atoms with van der Waals surface area (Å²) in [5, 5.41) is 7.25. The Bertz CT molecular complexity index is 980. The van der Waals surface area contributed by atoms with Gasteiger partial charge in [-0.2, -0.15) is 9.41 Å². The monoisotopic (exact) mass is 416 g/mol. The van der Waals surface area contributed by atoms with Crippen LogP contribution in [0.15, 0.2) is 58.5 Å². The van der Waals surface area contributed by atoms with Crippen LogP contribution in [0.4, 0.5) is 0 Å². The van der Waals surface area contributed by atoms with Gasteiger partial charge >= 0.3 is 0 Å². The number of nitrogens with one attached hydrogen (secondary N) is 2. The minimum Gasteiger partial charge on any atom is -0.497 e. The van der Waals surface area contributed by atoms with Crippen LogP contribution in [-0.2, 0) is 10.0 Å². The number of benzene rings is 2. The molecule has 1 aliphatic rings. The topological polar surface area (TPSA) is 100 Å². The third-order valence-corrected chi connectivity index (χ3v) is 6.58. The Balaban J connectivity index is 1.67. The van der Waals surface area contributed by atoms with E-state index in [1.54, 1.807) is 62.6 Å². The fourth-order valence-electron chi connectivity index (χ4n) is 2.91. The van der Waals surface area contributed by atoms with Crippen molar-refractivity contribution in [1.82, 2.24) is 15.0 Å². The second-order valence-corrected chi connectivity index (χ2v) is 8.48. The summed E-state index contributed by atoms with van der Waals surface area (Å²) < 4.78 is 31.9. The van der Waals surface area contributed by atoms with Crippen molar-refractivity contribution in [3.63, 3.8) is 0 Å². The van der Waals surface area contributed by atoms with Crippen LogP contribution in [0, 0.1) is 0 Å². The fourth-order valence-corrected chi connectivity index (χ4v) is 4.35. The average Bonchev–Trinajstić information content (AvgIpc) is 2.78. The molecule has 0 saturated carbocycles. The quantitative estimate of drug-likeness (QED) is 0.548. The number of piperazine rings is 1. The first-order chi connectivity index (χ1) is 13.9. The third kappa shape index (κ3) is 5.00. The number of hydrazone groups is 1. The Hall–Kier alpha value is -2.75. The van der Waals surface area contributed by atoms with Gasteiger partial charge in [0.2, 0.25) is 10.0 Å². The zero-order chi connectivity index (χ0) is 20.9. The van der Waals surface area contributed by atoms with Crippen LogP contribution < -0.4 is 15.5 Å². The first kappa shape index (κ1) is 21.0. The lowest BCUT2D eigenvalue weighted by molar-refractivity contribution is 0.0955. The highest BCUT2D eigenvalue weighted by Gasteiger charge is 2.25. The summed E-state index contributed by atoms with van der Waals surface area (Å²) in [5.74, 6) is 0.321. The molecule has 0 aliphatic carbocycles. The van der Waals surface area contributed by atoms with E-state index in [1.807, 2.05) is 0 Å². The molecule has 0 spiro atoms. The van der Waals surface area contributed by atoms with Crippen LogP contribution in [0.25, 0.3) is 0 Å². The van der Waals surface area contributed by atoms with Crippen LogP contribution in [-0.4, -0.2) is 57.6 Å². The first-order valence-electron chi connectivity index (χ1n) is 9.22. The Morgan fingerprint density at radius 1 is 1.03 bits per heavy atom. The molecule has 0 radical (unpaired) electrons. The molecule has 3 rings (SSSR count). The zero-order valence-electron chi connectivity index (χ0n) is 16.4. The number of sulfonamides is 1. The van der Waals surface area contributed by atoms with E-state index in [2.05, 4.69) is 15.8 Å². The summed E-state index contributed by atoms with van der Waals surface area (Å²) in [6.45, 7) is 3.96. The molecule has 29 heavy (non-hydrogen) atoms. The Kier molecular flexibility index (Phi) is 6.63. The van der Waals surface area contributed by atoms with E-state index >= 15 is 0 Å². The van der Waals surface area contributed by atoms with Crippen LogP contribution in [0.1, 0.15) is 22.8 Å². The van der Waals surface area contributed by atoms with Gasteiger partial charge < -0.3 is 10.1 Å². The first-order valence-corrected chi connectivity index (χ1v) is 10.7. The van der Waals surface area contributed by atoms with E-state index in [4.69, 9.17) is 4.74 Å². The molecule has 1 saturated heterocycles. The Morgan fingerprint density at radius 2 is 1.62 bits per heavy atom. The minimum absolute atomic E-state index is 0.248. The van der Waals surface area contributed by atoms with Gasteiger partial charge in [-0.3, -0.25) is 4.79 Å². The molecule has 0 bridgehead atoms. The summed E-state index contributed by atoms with van der Waals surface area (Å²) in [6.07, 6.45) is 0. The Labute approximate surface area is 170 Å². The molecule has 1 fully saturated rings. The number of amides is 1. The average molecular weight is 417 g/mol. The normalized spacial score (nSPS) is 15.7. The van der Waals surface area contributed by atoms with Gasteiger partial charge in [-0.15, -0.1) is 0 Å². The second-order valence-electron chi connectivity index (χ2n) is 6.55. The highest BCUT2D eigenvalue weighted by atomic mass is 32.2. The lowest BCUT2D eigenvalue weighted by Gasteiger charge is -2.26. The maximum Gasteiger partial charge on any atom is 0.271 e. The smallest absolute Gasteiger partial charge is 0.271 e. The summed E-state index contributed by atoms with van der Waals surface area (Å²) in [6, 6.07) is 13.2. The predicted octanol–water partition coefficient (Wildman–Crippen LogP) is 1.44. The van der Waals surface area contributed by atoms with Gasteiger partial charge in [0.1, 0.15) is 5.75 Å². The number of hydrogen-bond acceptors (Lipinski definition) is 6.